The van der Waals surface area contributed by atoms with Crippen molar-refractivity contribution in [2.75, 3.05) is 0 Å². The zero-order valence-corrected chi connectivity index (χ0v) is 15.7. The Hall–Kier alpha value is -3.80. The van der Waals surface area contributed by atoms with E-state index in [0.29, 0.717) is 18.9 Å². The van der Waals surface area contributed by atoms with E-state index < -0.39 is 5.76 Å². The molecule has 0 atom stereocenters. The van der Waals surface area contributed by atoms with E-state index in [4.69, 9.17) is 9.47 Å². The van der Waals surface area contributed by atoms with Gasteiger partial charge in [-0.2, -0.15) is 0 Å². The third kappa shape index (κ3) is 5.35. The summed E-state index contributed by atoms with van der Waals surface area (Å²) in [5, 5.41) is 3.67. The smallest absolute Gasteiger partial charge is 0.438 e. The highest BCUT2D eigenvalue weighted by molar-refractivity contribution is 5.34. The summed E-state index contributed by atoms with van der Waals surface area (Å²) in [6, 6.07) is 25.4. The van der Waals surface area contributed by atoms with Crippen LogP contribution in [-0.2, 0) is 19.4 Å². The topological polar surface area (TPSA) is 77.4 Å². The van der Waals surface area contributed by atoms with Gasteiger partial charge >= 0.3 is 5.76 Å². The Morgan fingerprint density at radius 2 is 1.59 bits per heavy atom. The van der Waals surface area contributed by atoms with Gasteiger partial charge in [-0.15, -0.1) is 0 Å². The Balaban J connectivity index is 1.30. The first-order chi connectivity index (χ1) is 14.2. The highest BCUT2D eigenvalue weighted by Crippen LogP contribution is 2.23. The summed E-state index contributed by atoms with van der Waals surface area (Å²) in [4.78, 5) is 13.5. The molecule has 4 aromatic rings. The lowest BCUT2D eigenvalue weighted by Crippen LogP contribution is -1.99. The van der Waals surface area contributed by atoms with Gasteiger partial charge in [0.1, 0.15) is 23.9 Å². The van der Waals surface area contributed by atoms with E-state index in [0.717, 1.165) is 34.8 Å². The number of nitrogens with one attached hydrogen (secondary N) is 1. The summed E-state index contributed by atoms with van der Waals surface area (Å²) >= 11 is 0. The summed E-state index contributed by atoms with van der Waals surface area (Å²) in [5.41, 5.74) is 2.15. The molecule has 0 unspecified atom stereocenters. The molecule has 0 spiro atoms. The van der Waals surface area contributed by atoms with Crippen molar-refractivity contribution in [3.8, 4) is 17.2 Å². The molecule has 0 amide bonds. The van der Waals surface area contributed by atoms with Gasteiger partial charge in [-0.25, -0.2) is 4.79 Å². The molecule has 0 radical (unpaired) electrons. The lowest BCUT2D eigenvalue weighted by molar-refractivity contribution is 0.305. The van der Waals surface area contributed by atoms with Crippen LogP contribution >= 0.6 is 0 Å². The number of rotatable bonds is 8. The normalized spacial score (nSPS) is 10.6. The Bertz CT molecular complexity index is 1100. The van der Waals surface area contributed by atoms with Crippen LogP contribution in [0.15, 0.2) is 88.2 Å². The standard InChI is InChI=1S/C23H20N2O4/c26-23-24-22(25-29-23)14-11-17-9-12-19(13-10-17)27-16-18-5-4-8-21(15-18)28-20-6-2-1-3-7-20/h1-10,12-13,15H,11,14,16H2,(H,24,25,26). The third-order valence-corrected chi connectivity index (χ3v) is 4.34. The number of hydrogen-bond donors (Lipinski definition) is 1. The molecule has 0 bridgehead atoms. The van der Waals surface area contributed by atoms with Gasteiger partial charge in [0, 0.05) is 6.42 Å². The van der Waals surface area contributed by atoms with Gasteiger partial charge in [-0.1, -0.05) is 47.6 Å². The van der Waals surface area contributed by atoms with Crippen LogP contribution in [0.1, 0.15) is 17.0 Å². The average molecular weight is 388 g/mol. The number of nitrogens with zero attached hydrogens (tertiary/aromatic N) is 1. The number of aromatic nitrogens is 2. The second-order valence-electron chi connectivity index (χ2n) is 6.54. The van der Waals surface area contributed by atoms with Crippen LogP contribution in [0.2, 0.25) is 0 Å². The minimum absolute atomic E-state index is 0.450. The molecule has 1 N–H and O–H groups in total. The number of H-pyrrole nitrogens is 1. The van der Waals surface area contributed by atoms with Crippen LogP contribution in [0.4, 0.5) is 0 Å². The van der Waals surface area contributed by atoms with Crippen LogP contribution < -0.4 is 15.2 Å². The van der Waals surface area contributed by atoms with Crippen molar-refractivity contribution in [1.82, 2.24) is 10.1 Å². The maximum Gasteiger partial charge on any atom is 0.438 e. The van der Waals surface area contributed by atoms with Crippen molar-refractivity contribution in [2.45, 2.75) is 19.4 Å². The van der Waals surface area contributed by atoms with E-state index in [9.17, 15) is 4.79 Å². The first kappa shape index (κ1) is 18.6. The molecule has 0 aliphatic heterocycles. The Kier molecular flexibility index (Phi) is 5.71. The van der Waals surface area contributed by atoms with Crippen LogP contribution in [0.25, 0.3) is 0 Å². The van der Waals surface area contributed by atoms with Gasteiger partial charge in [0.2, 0.25) is 0 Å². The summed E-state index contributed by atoms with van der Waals surface area (Å²) in [6.07, 6.45) is 1.36. The number of aryl methyl sites for hydroxylation is 2. The van der Waals surface area contributed by atoms with Gasteiger partial charge < -0.3 is 9.47 Å². The van der Waals surface area contributed by atoms with E-state index in [1.807, 2.05) is 78.9 Å². The molecule has 0 fully saturated rings. The second-order valence-corrected chi connectivity index (χ2v) is 6.54. The lowest BCUT2D eigenvalue weighted by atomic mass is 10.1. The molecule has 6 heteroatoms. The Morgan fingerprint density at radius 1 is 0.793 bits per heavy atom. The van der Waals surface area contributed by atoms with Crippen molar-refractivity contribution in [3.05, 3.63) is 106 Å². The van der Waals surface area contributed by atoms with Crippen LogP contribution in [0.5, 0.6) is 17.2 Å². The predicted octanol–water partition coefficient (Wildman–Crippen LogP) is 4.52. The van der Waals surface area contributed by atoms with Crippen molar-refractivity contribution < 1.29 is 14.0 Å². The molecule has 0 saturated heterocycles. The monoisotopic (exact) mass is 388 g/mol. The maximum absolute atomic E-state index is 10.9. The second kappa shape index (κ2) is 8.93. The average Bonchev–Trinajstić information content (AvgIpc) is 3.18. The van der Waals surface area contributed by atoms with Gasteiger partial charge in [-0.3, -0.25) is 9.51 Å². The quantitative estimate of drug-likeness (QED) is 0.480. The van der Waals surface area contributed by atoms with E-state index in [1.54, 1.807) is 0 Å². The zero-order valence-electron chi connectivity index (χ0n) is 15.7. The van der Waals surface area contributed by atoms with E-state index >= 15 is 0 Å². The fraction of sp³-hybridized carbons (Fsp3) is 0.130. The van der Waals surface area contributed by atoms with Crippen LogP contribution in [-0.4, -0.2) is 10.1 Å². The van der Waals surface area contributed by atoms with E-state index in [2.05, 4.69) is 14.7 Å². The highest BCUT2D eigenvalue weighted by Gasteiger charge is 2.03. The molecule has 4 rings (SSSR count). The Labute approximate surface area is 167 Å². The highest BCUT2D eigenvalue weighted by atomic mass is 16.5. The van der Waals surface area contributed by atoms with E-state index in [1.165, 1.54) is 0 Å². The SMILES string of the molecule is O=c1[nH]c(CCc2ccc(OCc3cccc(Oc4ccccc4)c3)cc2)no1. The van der Waals surface area contributed by atoms with Crippen LogP contribution in [0, 0.1) is 0 Å². The third-order valence-electron chi connectivity index (χ3n) is 4.34. The molecular formula is C23H20N2O4. The first-order valence-corrected chi connectivity index (χ1v) is 9.33. The summed E-state index contributed by atoms with van der Waals surface area (Å²) < 4.78 is 16.2. The predicted molar refractivity (Wildman–Crippen MR) is 108 cm³/mol. The summed E-state index contributed by atoms with van der Waals surface area (Å²) in [5.74, 6) is 2.39. The number of para-hydroxylation sites is 1. The van der Waals surface area contributed by atoms with Gasteiger partial charge in [0.25, 0.3) is 0 Å². The van der Waals surface area contributed by atoms with Crippen LogP contribution in [0.3, 0.4) is 0 Å². The van der Waals surface area contributed by atoms with E-state index in [-0.39, 0.29) is 0 Å². The number of benzene rings is 3. The molecule has 146 valence electrons. The molecule has 3 aromatic carbocycles. The molecule has 0 saturated carbocycles. The molecule has 6 nitrogen and oxygen atoms in total. The van der Waals surface area contributed by atoms with Gasteiger partial charge in [0.05, 0.1) is 0 Å². The molecule has 29 heavy (non-hydrogen) atoms. The first-order valence-electron chi connectivity index (χ1n) is 9.33. The molecule has 1 aromatic heterocycles. The van der Waals surface area contributed by atoms with Gasteiger partial charge in [-0.05, 0) is 53.9 Å². The molecule has 1 heterocycles. The van der Waals surface area contributed by atoms with Crippen molar-refractivity contribution in [3.63, 3.8) is 0 Å². The Morgan fingerprint density at radius 3 is 2.34 bits per heavy atom. The summed E-state index contributed by atoms with van der Waals surface area (Å²) in [6.45, 7) is 0.450. The fourth-order valence-electron chi connectivity index (χ4n) is 2.87. The van der Waals surface area contributed by atoms with Gasteiger partial charge in [0.15, 0.2) is 5.82 Å². The number of ether oxygens (including phenoxy) is 2. The number of aromatic amines is 1. The number of hydrogen-bond acceptors (Lipinski definition) is 5. The molecule has 0 aliphatic carbocycles. The van der Waals surface area contributed by atoms with Crippen molar-refractivity contribution in [1.29, 1.82) is 0 Å². The maximum atomic E-state index is 10.9. The molecule has 0 aliphatic rings. The minimum atomic E-state index is -0.526. The van der Waals surface area contributed by atoms with Crippen molar-refractivity contribution in [2.24, 2.45) is 0 Å². The molecular weight excluding hydrogens is 368 g/mol. The minimum Gasteiger partial charge on any atom is -0.489 e. The fourth-order valence-corrected chi connectivity index (χ4v) is 2.87. The summed E-state index contributed by atoms with van der Waals surface area (Å²) in [7, 11) is 0. The zero-order chi connectivity index (χ0) is 19.9. The lowest BCUT2D eigenvalue weighted by Gasteiger charge is -2.10. The largest absolute Gasteiger partial charge is 0.489 e. The van der Waals surface area contributed by atoms with Crippen molar-refractivity contribution >= 4 is 0 Å².